The molecule has 1 aliphatic carbocycles. The Hall–Kier alpha value is -3.95. The van der Waals surface area contributed by atoms with E-state index in [-0.39, 0.29) is 12.0 Å². The number of aromatic nitrogens is 1. The average molecular weight is 463 g/mol. The van der Waals surface area contributed by atoms with Crippen LogP contribution in [0.2, 0.25) is 0 Å². The van der Waals surface area contributed by atoms with Gasteiger partial charge in [-0.15, -0.1) is 0 Å². The lowest BCUT2D eigenvalue weighted by Crippen LogP contribution is -2.28. The molecule has 0 fully saturated rings. The van der Waals surface area contributed by atoms with Crippen LogP contribution in [0.1, 0.15) is 22.5 Å². The number of carbonyl (C=O) groups is 2. The van der Waals surface area contributed by atoms with E-state index in [0.29, 0.717) is 70.0 Å². The van der Waals surface area contributed by atoms with Crippen molar-refractivity contribution in [2.24, 2.45) is 11.5 Å². The first-order valence-corrected chi connectivity index (χ1v) is 10.8. The van der Waals surface area contributed by atoms with E-state index < -0.39 is 5.91 Å². The highest BCUT2D eigenvalue weighted by atomic mass is 16.5. The monoisotopic (exact) mass is 462 g/mol. The molecule has 1 atom stereocenters. The Balaban J connectivity index is 1.82. The fourth-order valence-corrected chi connectivity index (χ4v) is 3.94. The van der Waals surface area contributed by atoms with Crippen LogP contribution in [-0.4, -0.2) is 50.2 Å². The number of nitrogens with one attached hydrogen (secondary N) is 1. The lowest BCUT2D eigenvalue weighted by molar-refractivity contribution is -0.114. The normalized spacial score (nSPS) is 15.6. The van der Waals surface area contributed by atoms with E-state index in [1.54, 1.807) is 62.9 Å². The average Bonchev–Trinajstić information content (AvgIpc) is 3.30. The van der Waals surface area contributed by atoms with Gasteiger partial charge in [0, 0.05) is 60.3 Å². The maximum Gasteiger partial charge on any atom is 0.251 e. The second kappa shape index (κ2) is 9.90. The van der Waals surface area contributed by atoms with Gasteiger partial charge in [0.25, 0.3) is 5.91 Å². The summed E-state index contributed by atoms with van der Waals surface area (Å²) in [5.74, 6) is 0.341. The van der Waals surface area contributed by atoms with Crippen molar-refractivity contribution < 1.29 is 23.5 Å². The molecular formula is C25H26N4O5. The van der Waals surface area contributed by atoms with E-state index in [4.69, 9.17) is 25.4 Å². The van der Waals surface area contributed by atoms with E-state index in [1.807, 2.05) is 0 Å². The number of nitrogens with two attached hydrogens (primary N) is 2. The van der Waals surface area contributed by atoms with Crippen LogP contribution < -0.4 is 21.5 Å². The molecule has 0 radical (unpaired) electrons. The fraction of sp³-hybridized carbons (Fsp3) is 0.240. The summed E-state index contributed by atoms with van der Waals surface area (Å²) in [5, 5.41) is 2.77. The first kappa shape index (κ1) is 23.2. The molecule has 2 aromatic heterocycles. The SMILES string of the molecule is COc1ccc(C(=O)NCCN)cc1-c1ccnc2cc(C3=CC(C(N)=O)=CCC3OC)oc12. The quantitative estimate of drug-likeness (QED) is 0.466. The van der Waals surface area contributed by atoms with Crippen LogP contribution in [0.3, 0.4) is 0 Å². The standard InChI is InChI=1S/C25H26N4O5/c1-32-20-6-4-15(25(31)29-10-8-26)12-17(20)16-7-9-28-19-13-22(34-23(16)19)18-11-14(24(27)30)3-5-21(18)33-2/h3-4,6-7,9,11-13,21H,5,8,10,26H2,1-2H3,(H2,27,30)(H,29,31). The molecule has 0 aliphatic heterocycles. The van der Waals surface area contributed by atoms with Crippen LogP contribution in [0.25, 0.3) is 27.8 Å². The first-order chi connectivity index (χ1) is 16.5. The van der Waals surface area contributed by atoms with E-state index in [0.717, 1.165) is 0 Å². The molecule has 9 heteroatoms. The third-order valence-corrected chi connectivity index (χ3v) is 5.66. The number of methoxy groups -OCH3 is 2. The van der Waals surface area contributed by atoms with Crippen molar-refractivity contribution in [3.63, 3.8) is 0 Å². The number of primary amides is 1. The largest absolute Gasteiger partial charge is 0.496 e. The Labute approximate surface area is 196 Å². The molecule has 2 heterocycles. The van der Waals surface area contributed by atoms with Crippen molar-refractivity contribution in [1.29, 1.82) is 0 Å². The highest BCUT2D eigenvalue weighted by Gasteiger charge is 2.25. The van der Waals surface area contributed by atoms with Gasteiger partial charge in [0.1, 0.15) is 17.0 Å². The molecule has 0 spiro atoms. The Morgan fingerprint density at radius 3 is 2.74 bits per heavy atom. The molecule has 0 saturated carbocycles. The Morgan fingerprint density at radius 1 is 1.21 bits per heavy atom. The number of rotatable bonds is 8. The van der Waals surface area contributed by atoms with Gasteiger partial charge >= 0.3 is 0 Å². The smallest absolute Gasteiger partial charge is 0.251 e. The molecule has 2 amide bonds. The van der Waals surface area contributed by atoms with Crippen molar-refractivity contribution in [2.75, 3.05) is 27.3 Å². The lowest BCUT2D eigenvalue weighted by atomic mass is 9.94. The molecule has 9 nitrogen and oxygen atoms in total. The van der Waals surface area contributed by atoms with E-state index in [2.05, 4.69) is 10.3 Å². The van der Waals surface area contributed by atoms with Crippen molar-refractivity contribution >= 4 is 28.5 Å². The zero-order chi connectivity index (χ0) is 24.2. The summed E-state index contributed by atoms with van der Waals surface area (Å²) in [6.45, 7) is 0.721. The van der Waals surface area contributed by atoms with Crippen molar-refractivity contribution in [2.45, 2.75) is 12.5 Å². The Morgan fingerprint density at radius 2 is 2.03 bits per heavy atom. The van der Waals surface area contributed by atoms with Crippen molar-refractivity contribution in [3.05, 3.63) is 65.6 Å². The molecule has 0 bridgehead atoms. The lowest BCUT2D eigenvalue weighted by Gasteiger charge is -2.20. The number of amides is 2. The van der Waals surface area contributed by atoms with Crippen molar-refractivity contribution in [3.8, 4) is 16.9 Å². The van der Waals surface area contributed by atoms with Crippen LogP contribution >= 0.6 is 0 Å². The van der Waals surface area contributed by atoms with Gasteiger partial charge in [0.05, 0.1) is 13.2 Å². The Kier molecular flexibility index (Phi) is 6.76. The zero-order valence-corrected chi connectivity index (χ0v) is 19.0. The van der Waals surface area contributed by atoms with Crippen molar-refractivity contribution in [1.82, 2.24) is 10.3 Å². The van der Waals surface area contributed by atoms with Crippen LogP contribution in [0.5, 0.6) is 5.75 Å². The number of ether oxygens (including phenoxy) is 2. The number of hydrogen-bond donors (Lipinski definition) is 3. The van der Waals surface area contributed by atoms with Gasteiger partial charge in [-0.1, -0.05) is 6.08 Å². The number of carbonyl (C=O) groups excluding carboxylic acids is 2. The van der Waals surface area contributed by atoms with Gasteiger partial charge in [-0.2, -0.15) is 0 Å². The molecule has 4 rings (SSSR count). The minimum atomic E-state index is -0.517. The van der Waals surface area contributed by atoms with Crippen LogP contribution in [0.4, 0.5) is 0 Å². The Bertz CT molecular complexity index is 1310. The molecular weight excluding hydrogens is 436 g/mol. The molecule has 176 valence electrons. The van der Waals surface area contributed by atoms with E-state index in [9.17, 15) is 9.59 Å². The van der Waals surface area contributed by atoms with Gasteiger partial charge in [0.15, 0.2) is 5.58 Å². The second-order valence-corrected chi connectivity index (χ2v) is 7.73. The number of hydrogen-bond acceptors (Lipinski definition) is 7. The van der Waals surface area contributed by atoms with Gasteiger partial charge < -0.3 is 30.7 Å². The topological polar surface area (TPSA) is 143 Å². The molecule has 34 heavy (non-hydrogen) atoms. The van der Waals surface area contributed by atoms with Gasteiger partial charge in [0.2, 0.25) is 5.91 Å². The summed E-state index contributed by atoms with van der Waals surface area (Å²) in [5.41, 5.74) is 15.0. The highest BCUT2D eigenvalue weighted by molar-refractivity contribution is 6.00. The first-order valence-electron chi connectivity index (χ1n) is 10.8. The summed E-state index contributed by atoms with van der Waals surface area (Å²) >= 11 is 0. The summed E-state index contributed by atoms with van der Waals surface area (Å²) in [4.78, 5) is 28.7. The zero-order valence-electron chi connectivity index (χ0n) is 19.0. The molecule has 1 aliphatic rings. The summed E-state index contributed by atoms with van der Waals surface area (Å²) < 4.78 is 17.4. The minimum absolute atomic E-state index is 0.235. The summed E-state index contributed by atoms with van der Waals surface area (Å²) in [6.07, 6.45) is 5.29. The maximum absolute atomic E-state index is 12.5. The van der Waals surface area contributed by atoms with Crippen LogP contribution in [0, 0.1) is 0 Å². The van der Waals surface area contributed by atoms with Gasteiger partial charge in [-0.05, 0) is 36.8 Å². The summed E-state index contributed by atoms with van der Waals surface area (Å²) in [7, 11) is 3.16. The predicted molar refractivity (Wildman–Crippen MR) is 128 cm³/mol. The van der Waals surface area contributed by atoms with Gasteiger partial charge in [-0.3, -0.25) is 14.6 Å². The van der Waals surface area contributed by atoms with E-state index in [1.165, 1.54) is 0 Å². The maximum atomic E-state index is 12.5. The molecule has 5 N–H and O–H groups in total. The highest BCUT2D eigenvalue weighted by Crippen LogP contribution is 2.39. The minimum Gasteiger partial charge on any atom is -0.496 e. The van der Waals surface area contributed by atoms with Crippen LogP contribution in [0.15, 0.2) is 58.7 Å². The second-order valence-electron chi connectivity index (χ2n) is 7.73. The summed E-state index contributed by atoms with van der Waals surface area (Å²) in [6, 6.07) is 8.76. The molecule has 1 aromatic carbocycles. The number of furan rings is 1. The molecule has 3 aromatic rings. The molecule has 1 unspecified atom stereocenters. The predicted octanol–water partition coefficient (Wildman–Crippen LogP) is 2.41. The number of nitrogens with zero attached hydrogens (tertiary/aromatic N) is 1. The fourth-order valence-electron chi connectivity index (χ4n) is 3.94. The third kappa shape index (κ3) is 4.43. The number of pyridine rings is 1. The van der Waals surface area contributed by atoms with Crippen LogP contribution in [-0.2, 0) is 9.53 Å². The third-order valence-electron chi connectivity index (χ3n) is 5.66. The van der Waals surface area contributed by atoms with Gasteiger partial charge in [-0.25, -0.2) is 0 Å². The number of benzene rings is 1. The number of fused-ring (bicyclic) bond motifs is 1. The van der Waals surface area contributed by atoms with E-state index >= 15 is 0 Å². The molecule has 0 saturated heterocycles.